The molecule has 0 radical (unpaired) electrons. The molecule has 3 rings (SSSR count). The van der Waals surface area contributed by atoms with Gasteiger partial charge in [0, 0.05) is 17.6 Å². The molecule has 1 aliphatic heterocycles. The Labute approximate surface area is 153 Å². The first-order valence-electron chi connectivity index (χ1n) is 8.94. The number of hydrogen-bond donors (Lipinski definition) is 1. The number of aromatic nitrogens is 3. The van der Waals surface area contributed by atoms with Gasteiger partial charge in [0.1, 0.15) is 0 Å². The Morgan fingerprint density at radius 1 is 1.24 bits per heavy atom. The van der Waals surface area contributed by atoms with Crippen LogP contribution in [0.3, 0.4) is 0 Å². The third-order valence-corrected chi connectivity index (χ3v) is 5.82. The largest absolute Gasteiger partial charge is 0.336 e. The molecular weight excluding hydrogens is 332 g/mol. The minimum absolute atomic E-state index is 0.186. The van der Waals surface area contributed by atoms with E-state index in [0.29, 0.717) is 17.2 Å². The Balaban J connectivity index is 1.67. The molecule has 1 aromatic heterocycles. The fourth-order valence-electron chi connectivity index (χ4n) is 3.41. The molecule has 1 fully saturated rings. The van der Waals surface area contributed by atoms with Crippen molar-refractivity contribution in [2.75, 3.05) is 0 Å². The minimum atomic E-state index is -0.190. The second-order valence-corrected chi connectivity index (χ2v) is 8.28. The number of thioether (sulfide) groups is 1. The smallest absolute Gasteiger partial charge is 0.236 e. The molecule has 0 unspecified atom stereocenters. The third kappa shape index (κ3) is 4.06. The number of amides is 1. The molecule has 1 aromatic carbocycles. The van der Waals surface area contributed by atoms with Crippen LogP contribution < -0.4 is 0 Å². The summed E-state index contributed by atoms with van der Waals surface area (Å²) in [4.78, 5) is 19.5. The first kappa shape index (κ1) is 18.0. The molecule has 1 N–H and O–H groups in total. The Kier molecular flexibility index (Phi) is 5.47. The number of aryl methyl sites for hydroxylation is 1. The maximum absolute atomic E-state index is 12.9. The van der Waals surface area contributed by atoms with Crippen LogP contribution >= 0.6 is 11.8 Å². The Morgan fingerprint density at radius 3 is 2.52 bits per heavy atom. The van der Waals surface area contributed by atoms with Crippen molar-refractivity contribution in [1.29, 1.82) is 0 Å². The van der Waals surface area contributed by atoms with Gasteiger partial charge in [-0.05, 0) is 47.0 Å². The summed E-state index contributed by atoms with van der Waals surface area (Å²) >= 11 is 1.42. The lowest BCUT2D eigenvalue weighted by Gasteiger charge is -2.40. The zero-order chi connectivity index (χ0) is 18.0. The van der Waals surface area contributed by atoms with E-state index in [-0.39, 0.29) is 11.2 Å². The summed E-state index contributed by atoms with van der Waals surface area (Å²) in [5.41, 5.74) is 2.21. The fraction of sp³-hybridized carbons (Fsp3) is 0.526. The van der Waals surface area contributed by atoms with E-state index in [9.17, 15) is 4.79 Å². The van der Waals surface area contributed by atoms with E-state index in [4.69, 9.17) is 0 Å². The Morgan fingerprint density at radius 2 is 1.88 bits per heavy atom. The van der Waals surface area contributed by atoms with E-state index in [1.165, 1.54) is 23.7 Å². The van der Waals surface area contributed by atoms with E-state index in [1.54, 1.807) is 0 Å². The van der Waals surface area contributed by atoms with Crippen LogP contribution in [0.5, 0.6) is 0 Å². The van der Waals surface area contributed by atoms with Gasteiger partial charge in [0.05, 0.1) is 5.25 Å². The predicted octanol–water partition coefficient (Wildman–Crippen LogP) is 4.05. The van der Waals surface area contributed by atoms with Crippen LogP contribution in [0.2, 0.25) is 0 Å². The molecule has 2 aromatic rings. The first-order valence-corrected chi connectivity index (χ1v) is 9.82. The van der Waals surface area contributed by atoms with E-state index >= 15 is 0 Å². The SMILES string of the molecule is Cc1ccc(-c2nc(S[C@H](C)C(=O)N3[C@@H](C)CCC[C@@H]3C)n[nH]2)cc1. The Hall–Kier alpha value is -1.82. The van der Waals surface area contributed by atoms with Crippen LogP contribution in [0.4, 0.5) is 0 Å². The van der Waals surface area contributed by atoms with Crippen LogP contribution in [0, 0.1) is 6.92 Å². The van der Waals surface area contributed by atoms with Crippen LogP contribution in [-0.2, 0) is 4.79 Å². The van der Waals surface area contributed by atoms with Gasteiger partial charge in [-0.3, -0.25) is 9.89 Å². The van der Waals surface area contributed by atoms with Gasteiger partial charge in [0.25, 0.3) is 0 Å². The van der Waals surface area contributed by atoms with Gasteiger partial charge in [-0.1, -0.05) is 41.6 Å². The topological polar surface area (TPSA) is 61.9 Å². The highest BCUT2D eigenvalue weighted by Gasteiger charge is 2.32. The molecule has 0 aliphatic carbocycles. The number of carbonyl (C=O) groups excluding carboxylic acids is 1. The number of benzene rings is 1. The second-order valence-electron chi connectivity index (χ2n) is 6.97. The molecular formula is C19H26N4OS. The maximum Gasteiger partial charge on any atom is 0.236 e. The highest BCUT2D eigenvalue weighted by atomic mass is 32.2. The summed E-state index contributed by atoms with van der Waals surface area (Å²) in [7, 11) is 0. The van der Waals surface area contributed by atoms with Crippen LogP contribution in [-0.4, -0.2) is 43.3 Å². The van der Waals surface area contributed by atoms with Gasteiger partial charge in [0.2, 0.25) is 11.1 Å². The van der Waals surface area contributed by atoms with E-state index < -0.39 is 0 Å². The predicted molar refractivity (Wildman–Crippen MR) is 101 cm³/mol. The molecule has 1 aliphatic rings. The molecule has 25 heavy (non-hydrogen) atoms. The highest BCUT2D eigenvalue weighted by Crippen LogP contribution is 2.28. The number of piperidine rings is 1. The molecule has 6 heteroatoms. The summed E-state index contributed by atoms with van der Waals surface area (Å²) in [5.74, 6) is 0.924. The average Bonchev–Trinajstić information content (AvgIpc) is 3.03. The normalized spacial score (nSPS) is 22.0. The zero-order valence-corrected chi connectivity index (χ0v) is 16.1. The van der Waals surface area contributed by atoms with Gasteiger partial charge < -0.3 is 4.90 Å². The van der Waals surface area contributed by atoms with E-state index in [0.717, 1.165) is 24.2 Å². The quantitative estimate of drug-likeness (QED) is 0.838. The number of likely N-dealkylation sites (tertiary alicyclic amines) is 1. The van der Waals surface area contributed by atoms with E-state index in [2.05, 4.69) is 53.0 Å². The first-order chi connectivity index (χ1) is 12.0. The molecule has 0 saturated carbocycles. The van der Waals surface area contributed by atoms with Crippen molar-refractivity contribution in [3.63, 3.8) is 0 Å². The van der Waals surface area contributed by atoms with Gasteiger partial charge in [-0.25, -0.2) is 4.98 Å². The molecule has 134 valence electrons. The average molecular weight is 359 g/mol. The molecule has 5 nitrogen and oxygen atoms in total. The van der Waals surface area contributed by atoms with Crippen molar-refractivity contribution in [2.45, 2.75) is 69.4 Å². The van der Waals surface area contributed by atoms with Crippen LogP contribution in [0.25, 0.3) is 11.4 Å². The summed E-state index contributed by atoms with van der Waals surface area (Å²) < 4.78 is 0. The number of hydrogen-bond acceptors (Lipinski definition) is 4. The monoisotopic (exact) mass is 358 g/mol. The molecule has 2 heterocycles. The fourth-order valence-corrected chi connectivity index (χ4v) is 4.19. The lowest BCUT2D eigenvalue weighted by molar-refractivity contribution is -0.136. The third-order valence-electron chi connectivity index (χ3n) is 4.87. The van der Waals surface area contributed by atoms with Crippen LogP contribution in [0.15, 0.2) is 29.4 Å². The van der Waals surface area contributed by atoms with Gasteiger partial charge in [0.15, 0.2) is 5.82 Å². The van der Waals surface area contributed by atoms with E-state index in [1.807, 2.05) is 19.1 Å². The van der Waals surface area contributed by atoms with Crippen molar-refractivity contribution in [2.24, 2.45) is 0 Å². The second kappa shape index (κ2) is 7.60. The number of H-pyrrole nitrogens is 1. The minimum Gasteiger partial charge on any atom is -0.336 e. The molecule has 0 spiro atoms. The zero-order valence-electron chi connectivity index (χ0n) is 15.3. The summed E-state index contributed by atoms with van der Waals surface area (Å²) in [6.07, 6.45) is 3.38. The van der Waals surface area contributed by atoms with Crippen molar-refractivity contribution < 1.29 is 4.79 Å². The molecule has 1 saturated heterocycles. The van der Waals surface area contributed by atoms with Crippen molar-refractivity contribution in [3.05, 3.63) is 29.8 Å². The highest BCUT2D eigenvalue weighted by molar-refractivity contribution is 8.00. The van der Waals surface area contributed by atoms with Crippen LogP contribution in [0.1, 0.15) is 45.6 Å². The van der Waals surface area contributed by atoms with Crippen molar-refractivity contribution >= 4 is 17.7 Å². The lowest BCUT2D eigenvalue weighted by atomic mass is 9.97. The number of carbonyl (C=O) groups is 1. The summed E-state index contributed by atoms with van der Waals surface area (Å²) in [6, 6.07) is 8.78. The molecule has 3 atom stereocenters. The number of rotatable bonds is 4. The summed E-state index contributed by atoms with van der Waals surface area (Å²) in [5, 5.41) is 7.68. The van der Waals surface area contributed by atoms with Crippen molar-refractivity contribution in [3.8, 4) is 11.4 Å². The van der Waals surface area contributed by atoms with Gasteiger partial charge in [-0.15, -0.1) is 5.10 Å². The number of aromatic amines is 1. The van der Waals surface area contributed by atoms with Gasteiger partial charge in [-0.2, -0.15) is 0 Å². The number of nitrogens with zero attached hydrogens (tertiary/aromatic N) is 3. The molecule has 1 amide bonds. The maximum atomic E-state index is 12.9. The Bertz CT molecular complexity index is 717. The lowest BCUT2D eigenvalue weighted by Crippen LogP contribution is -2.50. The molecule has 0 bridgehead atoms. The summed E-state index contributed by atoms with van der Waals surface area (Å²) in [6.45, 7) is 8.30. The standard InChI is InChI=1S/C19H26N4OS/c1-12-8-10-16(11-9-12)17-20-19(22-21-17)25-15(4)18(24)23-13(2)6-5-7-14(23)3/h8-11,13-15H,5-7H2,1-4H3,(H,20,21,22)/t13-,14-,15+/m0/s1. The van der Waals surface area contributed by atoms with Crippen molar-refractivity contribution in [1.82, 2.24) is 20.1 Å². The van der Waals surface area contributed by atoms with Gasteiger partial charge >= 0.3 is 0 Å². The number of nitrogens with one attached hydrogen (secondary N) is 1.